The fourth-order valence-electron chi connectivity index (χ4n) is 3.88. The summed E-state index contributed by atoms with van der Waals surface area (Å²) in [6.07, 6.45) is 0. The molecule has 7 heteroatoms. The fourth-order valence-corrected chi connectivity index (χ4v) is 3.88. The molecule has 0 unspecified atom stereocenters. The maximum Gasteiger partial charge on any atom is 0.276 e. The number of carbonyl (C=O) groups is 1. The molecule has 1 amide bonds. The maximum absolute atomic E-state index is 12.9. The van der Waals surface area contributed by atoms with Gasteiger partial charge in [0.05, 0.1) is 25.8 Å². The normalized spacial score (nSPS) is 23.9. The predicted molar refractivity (Wildman–Crippen MR) is 93.8 cm³/mol. The number of ether oxygens (including phenoxy) is 1. The molecular formula is C19H25N3O4. The van der Waals surface area contributed by atoms with E-state index >= 15 is 0 Å². The van der Waals surface area contributed by atoms with Gasteiger partial charge in [0.15, 0.2) is 5.69 Å². The maximum atomic E-state index is 12.9. The molecule has 2 aromatic heterocycles. The number of aryl methyl sites for hydroxylation is 3. The summed E-state index contributed by atoms with van der Waals surface area (Å²) in [6.45, 7) is 10.2. The summed E-state index contributed by atoms with van der Waals surface area (Å²) >= 11 is 0. The second-order valence-corrected chi connectivity index (χ2v) is 7.48. The van der Waals surface area contributed by atoms with Gasteiger partial charge in [-0.3, -0.25) is 9.69 Å². The number of carbonyl (C=O) groups excluding carboxylic acids is 1. The van der Waals surface area contributed by atoms with Crippen molar-refractivity contribution in [2.24, 2.45) is 5.92 Å². The molecule has 2 atom stereocenters. The van der Waals surface area contributed by atoms with Gasteiger partial charge in [-0.25, -0.2) is 0 Å². The number of nitrogens with zero attached hydrogens (tertiary/aromatic N) is 3. The van der Waals surface area contributed by atoms with Crippen molar-refractivity contribution in [3.05, 3.63) is 40.7 Å². The molecule has 2 aliphatic heterocycles. The first kappa shape index (κ1) is 17.3. The van der Waals surface area contributed by atoms with E-state index < -0.39 is 0 Å². The zero-order chi connectivity index (χ0) is 18.3. The molecule has 0 radical (unpaired) electrons. The molecule has 0 aliphatic carbocycles. The van der Waals surface area contributed by atoms with Crippen molar-refractivity contribution in [1.82, 2.24) is 15.0 Å². The summed E-state index contributed by atoms with van der Waals surface area (Å²) in [5.74, 6) is 2.79. The third-order valence-electron chi connectivity index (χ3n) is 5.25. The number of rotatable bonds is 3. The van der Waals surface area contributed by atoms with Gasteiger partial charge in [-0.15, -0.1) is 0 Å². The van der Waals surface area contributed by atoms with Gasteiger partial charge >= 0.3 is 0 Å². The lowest BCUT2D eigenvalue weighted by atomic mass is 10.1. The van der Waals surface area contributed by atoms with Crippen molar-refractivity contribution >= 4 is 5.91 Å². The van der Waals surface area contributed by atoms with Crippen molar-refractivity contribution in [1.29, 1.82) is 0 Å². The minimum absolute atomic E-state index is 0.00385. The topological polar surface area (TPSA) is 72.0 Å². The number of amides is 1. The Morgan fingerprint density at radius 3 is 2.73 bits per heavy atom. The first-order chi connectivity index (χ1) is 12.5. The van der Waals surface area contributed by atoms with Gasteiger partial charge in [-0.05, 0) is 32.4 Å². The second-order valence-electron chi connectivity index (χ2n) is 7.48. The smallest absolute Gasteiger partial charge is 0.276 e. The van der Waals surface area contributed by atoms with E-state index in [4.69, 9.17) is 13.7 Å². The molecule has 140 valence electrons. The molecule has 2 aromatic rings. The number of hydrogen-bond acceptors (Lipinski definition) is 6. The van der Waals surface area contributed by atoms with Crippen LogP contribution in [0.3, 0.4) is 0 Å². The summed E-state index contributed by atoms with van der Waals surface area (Å²) in [5, 5.41) is 3.90. The number of fused-ring (bicyclic) bond motifs is 3. The van der Waals surface area contributed by atoms with Crippen LogP contribution in [0.4, 0.5) is 0 Å². The van der Waals surface area contributed by atoms with E-state index in [0.29, 0.717) is 31.2 Å². The van der Waals surface area contributed by atoms with E-state index in [1.807, 2.05) is 11.8 Å². The molecule has 2 bridgehead atoms. The van der Waals surface area contributed by atoms with E-state index in [0.717, 1.165) is 31.2 Å². The second kappa shape index (κ2) is 6.89. The van der Waals surface area contributed by atoms with Gasteiger partial charge < -0.3 is 18.6 Å². The third-order valence-corrected chi connectivity index (χ3v) is 5.25. The van der Waals surface area contributed by atoms with Crippen LogP contribution in [0.1, 0.15) is 33.3 Å². The Kier molecular flexibility index (Phi) is 4.58. The van der Waals surface area contributed by atoms with Crippen LogP contribution in [0.5, 0.6) is 0 Å². The van der Waals surface area contributed by atoms with Crippen LogP contribution in [-0.2, 0) is 11.3 Å². The Hall–Kier alpha value is -2.12. The van der Waals surface area contributed by atoms with Crippen LogP contribution in [0.15, 0.2) is 21.1 Å². The minimum Gasteiger partial charge on any atom is -0.465 e. The lowest BCUT2D eigenvalue weighted by Gasteiger charge is -2.30. The zero-order valence-electron chi connectivity index (χ0n) is 15.5. The molecule has 4 heterocycles. The quantitative estimate of drug-likeness (QED) is 0.836. The van der Waals surface area contributed by atoms with Gasteiger partial charge in [-0.1, -0.05) is 5.16 Å². The highest BCUT2D eigenvalue weighted by atomic mass is 16.5. The van der Waals surface area contributed by atoms with E-state index in [1.54, 1.807) is 13.0 Å². The first-order valence-corrected chi connectivity index (χ1v) is 9.10. The van der Waals surface area contributed by atoms with Gasteiger partial charge in [0.1, 0.15) is 17.3 Å². The molecule has 2 fully saturated rings. The SMILES string of the molecule is Cc1cc(C(=O)N2C[C@H]3COC[C@@H]2CN(Cc2cc(C)c(C)o2)C3)no1. The summed E-state index contributed by atoms with van der Waals surface area (Å²) in [5.41, 5.74) is 1.55. The summed E-state index contributed by atoms with van der Waals surface area (Å²) in [4.78, 5) is 17.2. The van der Waals surface area contributed by atoms with E-state index in [2.05, 4.69) is 23.0 Å². The summed E-state index contributed by atoms with van der Waals surface area (Å²) in [7, 11) is 0. The van der Waals surface area contributed by atoms with Crippen molar-refractivity contribution < 1.29 is 18.5 Å². The third kappa shape index (κ3) is 3.41. The van der Waals surface area contributed by atoms with Gasteiger partial charge in [0.2, 0.25) is 0 Å². The van der Waals surface area contributed by atoms with Crippen molar-refractivity contribution in [3.63, 3.8) is 0 Å². The summed E-state index contributed by atoms with van der Waals surface area (Å²) < 4.78 is 16.7. The molecule has 26 heavy (non-hydrogen) atoms. The molecule has 4 rings (SSSR count). The Morgan fingerprint density at radius 2 is 2.04 bits per heavy atom. The average molecular weight is 359 g/mol. The van der Waals surface area contributed by atoms with Gasteiger partial charge in [-0.2, -0.15) is 0 Å². The lowest BCUT2D eigenvalue weighted by molar-refractivity contribution is 0.0407. The molecule has 0 aromatic carbocycles. The van der Waals surface area contributed by atoms with Crippen molar-refractivity contribution in [2.75, 3.05) is 32.8 Å². The average Bonchev–Trinajstić information content (AvgIpc) is 3.01. The number of hydrogen-bond donors (Lipinski definition) is 0. The monoisotopic (exact) mass is 359 g/mol. The highest BCUT2D eigenvalue weighted by Gasteiger charge is 2.37. The Bertz CT molecular complexity index is 777. The van der Waals surface area contributed by atoms with Crippen LogP contribution in [0.25, 0.3) is 0 Å². The number of furan rings is 1. The molecule has 7 nitrogen and oxygen atoms in total. The van der Waals surface area contributed by atoms with Crippen LogP contribution >= 0.6 is 0 Å². The van der Waals surface area contributed by atoms with Crippen LogP contribution < -0.4 is 0 Å². The number of aromatic nitrogens is 1. The highest BCUT2D eigenvalue weighted by Crippen LogP contribution is 2.24. The minimum atomic E-state index is -0.0751. The van der Waals surface area contributed by atoms with E-state index in [9.17, 15) is 4.79 Å². The van der Waals surface area contributed by atoms with E-state index in [1.165, 1.54) is 5.56 Å². The standard InChI is InChI=1S/C19H25N3O4/c1-12-4-17(25-14(12)3)9-21-6-15-7-22(16(8-21)11-24-10-15)19(23)18-5-13(2)26-20-18/h4-5,15-16H,6-11H2,1-3H3/t15-,16-/m0/s1. The van der Waals surface area contributed by atoms with Crippen LogP contribution in [-0.4, -0.2) is 59.8 Å². The van der Waals surface area contributed by atoms with Crippen molar-refractivity contribution in [2.45, 2.75) is 33.4 Å². The lowest BCUT2D eigenvalue weighted by Crippen LogP contribution is -2.46. The first-order valence-electron chi connectivity index (χ1n) is 9.10. The van der Waals surface area contributed by atoms with E-state index in [-0.39, 0.29) is 17.9 Å². The van der Waals surface area contributed by atoms with Gasteiger partial charge in [0, 0.05) is 31.6 Å². The Morgan fingerprint density at radius 1 is 1.19 bits per heavy atom. The molecular weight excluding hydrogens is 334 g/mol. The summed E-state index contributed by atoms with van der Waals surface area (Å²) in [6, 6.07) is 3.81. The molecule has 0 N–H and O–H groups in total. The predicted octanol–water partition coefficient (Wildman–Crippen LogP) is 2.17. The molecule has 0 spiro atoms. The van der Waals surface area contributed by atoms with Crippen LogP contribution in [0, 0.1) is 26.7 Å². The van der Waals surface area contributed by atoms with Gasteiger partial charge in [0.25, 0.3) is 5.91 Å². The van der Waals surface area contributed by atoms with Crippen molar-refractivity contribution in [3.8, 4) is 0 Å². The largest absolute Gasteiger partial charge is 0.465 e. The van der Waals surface area contributed by atoms with Crippen LogP contribution in [0.2, 0.25) is 0 Å². The fraction of sp³-hybridized carbons (Fsp3) is 0.579. The Labute approximate surface area is 152 Å². The molecule has 2 saturated heterocycles. The molecule has 2 aliphatic rings. The molecule has 0 saturated carbocycles. The Balaban J connectivity index is 1.52. The zero-order valence-corrected chi connectivity index (χ0v) is 15.5. The highest BCUT2D eigenvalue weighted by molar-refractivity contribution is 5.92.